The van der Waals surface area contributed by atoms with E-state index < -0.39 is 0 Å². The lowest BCUT2D eigenvalue weighted by atomic mass is 9.96. The van der Waals surface area contributed by atoms with E-state index in [0.29, 0.717) is 42.9 Å². The van der Waals surface area contributed by atoms with Crippen molar-refractivity contribution in [2.24, 2.45) is 0 Å². The SMILES string of the molecule is C/C(=C\C(=O)c1ccc(CCCC(O)CNC(C)C)cc1C)c1cc(OCc2ccccc2)cc(OCc2ccccc2)c1. The first-order valence-corrected chi connectivity index (χ1v) is 15.5. The Hall–Kier alpha value is -4.19. The maximum atomic E-state index is 13.4. The van der Waals surface area contributed by atoms with E-state index in [1.807, 2.05) is 105 Å². The molecule has 5 nitrogen and oxygen atoms in total. The zero-order valence-corrected chi connectivity index (χ0v) is 26.4. The number of benzene rings is 4. The maximum Gasteiger partial charge on any atom is 0.186 e. The van der Waals surface area contributed by atoms with Crippen molar-refractivity contribution in [2.45, 2.75) is 72.3 Å². The van der Waals surface area contributed by atoms with Gasteiger partial charge in [-0.1, -0.05) is 92.7 Å². The van der Waals surface area contributed by atoms with Gasteiger partial charge in [-0.3, -0.25) is 4.79 Å². The quantitative estimate of drug-likeness (QED) is 0.102. The molecule has 5 heteroatoms. The molecule has 0 bridgehead atoms. The molecule has 1 unspecified atom stereocenters. The summed E-state index contributed by atoms with van der Waals surface area (Å²) in [4.78, 5) is 13.4. The van der Waals surface area contributed by atoms with Gasteiger partial charge in [-0.05, 0) is 84.7 Å². The minimum absolute atomic E-state index is 0.0379. The molecular formula is C39H45NO4. The van der Waals surface area contributed by atoms with Crippen LogP contribution >= 0.6 is 0 Å². The summed E-state index contributed by atoms with van der Waals surface area (Å²) >= 11 is 0. The van der Waals surface area contributed by atoms with Crippen LogP contribution in [0.1, 0.15) is 71.8 Å². The Balaban J connectivity index is 1.46. The van der Waals surface area contributed by atoms with E-state index in [4.69, 9.17) is 9.47 Å². The number of aliphatic hydroxyl groups excluding tert-OH is 1. The molecule has 0 radical (unpaired) electrons. The fourth-order valence-corrected chi connectivity index (χ4v) is 4.98. The van der Waals surface area contributed by atoms with Gasteiger partial charge in [-0.15, -0.1) is 0 Å². The summed E-state index contributed by atoms with van der Waals surface area (Å²) < 4.78 is 12.3. The minimum atomic E-state index is -0.348. The van der Waals surface area contributed by atoms with E-state index in [9.17, 15) is 9.90 Å². The number of aliphatic hydroxyl groups is 1. The first-order valence-electron chi connectivity index (χ1n) is 15.5. The molecule has 0 aliphatic carbocycles. The van der Waals surface area contributed by atoms with Crippen molar-refractivity contribution in [1.29, 1.82) is 0 Å². The highest BCUT2D eigenvalue weighted by atomic mass is 16.5. The third kappa shape index (κ3) is 10.5. The molecule has 0 fully saturated rings. The van der Waals surface area contributed by atoms with Crippen LogP contribution in [0, 0.1) is 6.92 Å². The summed E-state index contributed by atoms with van der Waals surface area (Å²) in [5.74, 6) is 1.32. The van der Waals surface area contributed by atoms with Gasteiger partial charge in [0.2, 0.25) is 0 Å². The molecule has 0 saturated heterocycles. The molecule has 0 amide bonds. The largest absolute Gasteiger partial charge is 0.489 e. The highest BCUT2D eigenvalue weighted by Crippen LogP contribution is 2.29. The molecule has 4 aromatic rings. The van der Waals surface area contributed by atoms with Crippen LogP contribution < -0.4 is 14.8 Å². The van der Waals surface area contributed by atoms with Gasteiger partial charge in [0.05, 0.1) is 6.10 Å². The number of hydrogen-bond donors (Lipinski definition) is 2. The summed E-state index contributed by atoms with van der Waals surface area (Å²) in [6.07, 6.45) is 3.84. The number of ether oxygens (including phenoxy) is 2. The molecule has 0 aliphatic rings. The molecule has 1 atom stereocenters. The van der Waals surface area contributed by atoms with E-state index in [0.717, 1.165) is 47.1 Å². The highest BCUT2D eigenvalue weighted by molar-refractivity contribution is 6.09. The number of ketones is 1. The molecule has 0 aromatic heterocycles. The lowest BCUT2D eigenvalue weighted by Crippen LogP contribution is -2.31. The number of aryl methyl sites for hydroxylation is 2. The second-order valence-corrected chi connectivity index (χ2v) is 11.7. The van der Waals surface area contributed by atoms with Crippen LogP contribution in [0.2, 0.25) is 0 Å². The van der Waals surface area contributed by atoms with Gasteiger partial charge in [-0.2, -0.15) is 0 Å². The van der Waals surface area contributed by atoms with Gasteiger partial charge < -0.3 is 19.9 Å². The van der Waals surface area contributed by atoms with Crippen molar-refractivity contribution in [2.75, 3.05) is 6.54 Å². The number of rotatable bonds is 16. The Bertz CT molecular complexity index is 1450. The number of carbonyl (C=O) groups is 1. The van der Waals surface area contributed by atoms with Gasteiger partial charge in [0.25, 0.3) is 0 Å². The van der Waals surface area contributed by atoms with Gasteiger partial charge in [0.15, 0.2) is 5.78 Å². The first-order chi connectivity index (χ1) is 21.3. The maximum absolute atomic E-state index is 13.4. The van der Waals surface area contributed by atoms with Crippen molar-refractivity contribution in [3.8, 4) is 11.5 Å². The Labute approximate surface area is 262 Å². The Morgan fingerprint density at radius 3 is 1.95 bits per heavy atom. The van der Waals surface area contributed by atoms with Gasteiger partial charge in [0, 0.05) is 24.2 Å². The van der Waals surface area contributed by atoms with Gasteiger partial charge >= 0.3 is 0 Å². The molecule has 2 N–H and O–H groups in total. The van der Waals surface area contributed by atoms with E-state index in [2.05, 4.69) is 25.2 Å². The van der Waals surface area contributed by atoms with E-state index in [1.54, 1.807) is 6.08 Å². The summed E-state index contributed by atoms with van der Waals surface area (Å²) in [6.45, 7) is 9.55. The number of hydrogen-bond acceptors (Lipinski definition) is 5. The molecular weight excluding hydrogens is 546 g/mol. The zero-order valence-electron chi connectivity index (χ0n) is 26.4. The third-order valence-corrected chi connectivity index (χ3v) is 7.50. The van der Waals surface area contributed by atoms with Crippen LogP contribution in [-0.2, 0) is 19.6 Å². The van der Waals surface area contributed by atoms with E-state index >= 15 is 0 Å². The molecule has 0 heterocycles. The smallest absolute Gasteiger partial charge is 0.186 e. The van der Waals surface area contributed by atoms with Crippen molar-refractivity contribution < 1.29 is 19.4 Å². The first kappa shape index (κ1) is 32.7. The monoisotopic (exact) mass is 591 g/mol. The molecule has 0 saturated carbocycles. The zero-order chi connectivity index (χ0) is 31.3. The summed E-state index contributed by atoms with van der Waals surface area (Å²) in [6, 6.07) is 32.3. The van der Waals surface area contributed by atoms with Crippen molar-refractivity contribution in [3.63, 3.8) is 0 Å². The second kappa shape index (κ2) is 16.6. The van der Waals surface area contributed by atoms with Crippen molar-refractivity contribution in [1.82, 2.24) is 5.32 Å². The Morgan fingerprint density at radius 2 is 1.41 bits per heavy atom. The molecule has 0 spiro atoms. The van der Waals surface area contributed by atoms with E-state index in [-0.39, 0.29) is 11.9 Å². The summed E-state index contributed by atoms with van der Waals surface area (Å²) in [5, 5.41) is 13.5. The predicted octanol–water partition coefficient (Wildman–Crippen LogP) is 8.12. The van der Waals surface area contributed by atoms with Crippen LogP contribution in [0.15, 0.2) is 103 Å². The van der Waals surface area contributed by atoms with Gasteiger partial charge in [0.1, 0.15) is 24.7 Å². The van der Waals surface area contributed by atoms with Crippen molar-refractivity contribution in [3.05, 3.63) is 137 Å². The fraction of sp³-hybridized carbons (Fsp3) is 0.308. The molecule has 0 aliphatic heterocycles. The van der Waals surface area contributed by atoms with Crippen molar-refractivity contribution >= 4 is 11.4 Å². The van der Waals surface area contributed by atoms with Crippen LogP contribution in [0.5, 0.6) is 11.5 Å². The second-order valence-electron chi connectivity index (χ2n) is 11.7. The minimum Gasteiger partial charge on any atom is -0.489 e. The lowest BCUT2D eigenvalue weighted by molar-refractivity contribution is 0.104. The Morgan fingerprint density at radius 1 is 0.818 bits per heavy atom. The summed E-state index contributed by atoms with van der Waals surface area (Å²) in [5.41, 5.74) is 6.66. The fourth-order valence-electron chi connectivity index (χ4n) is 4.98. The highest BCUT2D eigenvalue weighted by Gasteiger charge is 2.12. The third-order valence-electron chi connectivity index (χ3n) is 7.50. The average molecular weight is 592 g/mol. The van der Waals surface area contributed by atoms with Gasteiger partial charge in [-0.25, -0.2) is 0 Å². The van der Waals surface area contributed by atoms with Crippen LogP contribution in [0.4, 0.5) is 0 Å². The molecule has 4 rings (SSSR count). The Kier molecular flexibility index (Phi) is 12.3. The predicted molar refractivity (Wildman–Crippen MR) is 179 cm³/mol. The van der Waals surface area contributed by atoms with Crippen LogP contribution in [-0.4, -0.2) is 29.6 Å². The van der Waals surface area contributed by atoms with Crippen LogP contribution in [0.25, 0.3) is 5.57 Å². The number of carbonyl (C=O) groups excluding carboxylic acids is 1. The standard InChI is InChI=1S/C39H45NO4/c1-28(2)40-25-35(41)17-11-16-31-18-19-38(30(4)20-31)39(42)21-29(3)34-22-36(43-26-32-12-7-5-8-13-32)24-37(23-34)44-27-33-14-9-6-10-15-33/h5-10,12-15,18-24,28,35,40-41H,11,16-17,25-27H2,1-4H3/b29-21+. The number of allylic oxidation sites excluding steroid dienone is 2. The molecule has 44 heavy (non-hydrogen) atoms. The normalized spacial score (nSPS) is 12.3. The van der Waals surface area contributed by atoms with E-state index in [1.165, 1.54) is 5.56 Å². The number of nitrogens with one attached hydrogen (secondary N) is 1. The molecule has 4 aromatic carbocycles. The topological polar surface area (TPSA) is 67.8 Å². The van der Waals surface area contributed by atoms with Crippen LogP contribution in [0.3, 0.4) is 0 Å². The lowest BCUT2D eigenvalue weighted by Gasteiger charge is -2.14. The summed E-state index contributed by atoms with van der Waals surface area (Å²) in [7, 11) is 0. The average Bonchev–Trinajstić information content (AvgIpc) is 3.02. The molecule has 230 valence electrons.